The van der Waals surface area contributed by atoms with E-state index in [0.29, 0.717) is 12.3 Å². The van der Waals surface area contributed by atoms with Crippen LogP contribution < -0.4 is 5.32 Å². The predicted molar refractivity (Wildman–Crippen MR) is 130 cm³/mol. The van der Waals surface area contributed by atoms with Crippen molar-refractivity contribution in [2.45, 2.75) is 81.2 Å². The molecular formula is C28H39NO2. The molecule has 0 saturated heterocycles. The number of carbonyl (C=O) groups is 2. The molecular weight excluding hydrogens is 382 g/mol. The average molecular weight is 422 g/mol. The molecule has 0 fully saturated rings. The Labute approximate surface area is 188 Å². The van der Waals surface area contributed by atoms with Gasteiger partial charge in [0, 0.05) is 12.3 Å². The Balaban J connectivity index is 2.54. The molecule has 168 valence electrons. The summed E-state index contributed by atoms with van der Waals surface area (Å²) in [6, 6.07) is 8.49. The van der Waals surface area contributed by atoms with Crippen LogP contribution >= 0.6 is 0 Å². The van der Waals surface area contributed by atoms with E-state index in [9.17, 15) is 9.59 Å². The third-order valence-electron chi connectivity index (χ3n) is 6.13. The second-order valence-electron chi connectivity index (χ2n) is 9.78. The molecule has 1 amide bonds. The first-order valence-electron chi connectivity index (χ1n) is 11.4. The average Bonchev–Trinajstić information content (AvgIpc) is 2.62. The quantitative estimate of drug-likeness (QED) is 0.514. The van der Waals surface area contributed by atoms with Gasteiger partial charge in [0.25, 0.3) is 0 Å². The third kappa shape index (κ3) is 6.29. The van der Waals surface area contributed by atoms with E-state index in [1.165, 1.54) is 27.8 Å². The number of nitrogens with one attached hydrogen (secondary N) is 1. The molecule has 31 heavy (non-hydrogen) atoms. The molecule has 1 N–H and O–H groups in total. The van der Waals surface area contributed by atoms with Gasteiger partial charge in [-0.25, -0.2) is 0 Å². The molecule has 3 heteroatoms. The number of Topliss-reactive ketones (excluding diaryl/α,β-unsaturated/α-hetero) is 1. The van der Waals surface area contributed by atoms with E-state index in [0.717, 1.165) is 23.1 Å². The standard InChI is InChI=1S/C28H39NO2/c1-16(2)10-21(7)28(31)29-26(14-22(8)30)25-15-24(13-18(4)23(25)9)27-19(5)11-17(3)12-20(27)6/h11-13,15-16,21,26H,10,14H2,1-9H3,(H,29,31)/t21-,26?/m0/s1. The maximum atomic E-state index is 12.9. The first-order chi connectivity index (χ1) is 14.4. The number of carbonyl (C=O) groups excluding carboxylic acids is 2. The zero-order valence-electron chi connectivity index (χ0n) is 20.8. The Hall–Kier alpha value is -2.42. The fourth-order valence-corrected chi connectivity index (χ4v) is 4.68. The van der Waals surface area contributed by atoms with Crippen molar-refractivity contribution in [2.75, 3.05) is 0 Å². The summed E-state index contributed by atoms with van der Waals surface area (Å²) >= 11 is 0. The molecule has 2 aromatic rings. The normalized spacial score (nSPS) is 13.2. The Kier molecular flexibility index (Phi) is 8.22. The zero-order chi connectivity index (χ0) is 23.5. The molecule has 2 atom stereocenters. The van der Waals surface area contributed by atoms with E-state index in [-0.39, 0.29) is 23.7 Å². The zero-order valence-corrected chi connectivity index (χ0v) is 20.8. The largest absolute Gasteiger partial charge is 0.349 e. The molecule has 3 nitrogen and oxygen atoms in total. The Bertz CT molecular complexity index is 948. The van der Waals surface area contributed by atoms with E-state index in [2.05, 4.69) is 78.0 Å². The van der Waals surface area contributed by atoms with Crippen LogP contribution in [-0.4, -0.2) is 11.7 Å². The number of aryl methyl sites for hydroxylation is 4. The lowest BCUT2D eigenvalue weighted by molar-refractivity contribution is -0.126. The minimum absolute atomic E-state index is 0.0186. The monoisotopic (exact) mass is 421 g/mol. The first-order valence-corrected chi connectivity index (χ1v) is 11.4. The maximum Gasteiger partial charge on any atom is 0.223 e. The minimum atomic E-state index is -0.315. The SMILES string of the molecule is CC(=O)CC(NC(=O)[C@@H](C)CC(C)C)c1cc(-c2c(C)cc(C)cc2C)cc(C)c1C. The smallest absolute Gasteiger partial charge is 0.223 e. The number of hydrogen-bond donors (Lipinski definition) is 1. The minimum Gasteiger partial charge on any atom is -0.349 e. The summed E-state index contributed by atoms with van der Waals surface area (Å²) in [6.07, 6.45) is 1.13. The van der Waals surface area contributed by atoms with Gasteiger partial charge in [0.1, 0.15) is 5.78 Å². The van der Waals surface area contributed by atoms with E-state index in [1.807, 2.05) is 6.92 Å². The van der Waals surface area contributed by atoms with Gasteiger partial charge in [-0.2, -0.15) is 0 Å². The molecule has 0 aliphatic carbocycles. The highest BCUT2D eigenvalue weighted by molar-refractivity contribution is 5.82. The number of amides is 1. The molecule has 0 spiro atoms. The summed E-state index contributed by atoms with van der Waals surface area (Å²) in [5, 5.41) is 3.20. The summed E-state index contributed by atoms with van der Waals surface area (Å²) in [5.41, 5.74) is 9.45. The van der Waals surface area contributed by atoms with Crippen LogP contribution in [0.3, 0.4) is 0 Å². The highest BCUT2D eigenvalue weighted by Crippen LogP contribution is 2.34. The molecule has 0 saturated carbocycles. The number of benzene rings is 2. The van der Waals surface area contributed by atoms with Gasteiger partial charge in [-0.15, -0.1) is 0 Å². The fraction of sp³-hybridized carbons (Fsp3) is 0.500. The van der Waals surface area contributed by atoms with Gasteiger partial charge < -0.3 is 5.32 Å². The molecule has 1 unspecified atom stereocenters. The molecule has 0 radical (unpaired) electrons. The topological polar surface area (TPSA) is 46.2 Å². The van der Waals surface area contributed by atoms with Crippen molar-refractivity contribution < 1.29 is 9.59 Å². The van der Waals surface area contributed by atoms with Crippen molar-refractivity contribution in [1.82, 2.24) is 5.32 Å². The predicted octanol–water partition coefficient (Wildman–Crippen LogP) is 6.71. The number of hydrogen-bond acceptors (Lipinski definition) is 2. The van der Waals surface area contributed by atoms with Crippen molar-refractivity contribution >= 4 is 11.7 Å². The van der Waals surface area contributed by atoms with Crippen molar-refractivity contribution in [1.29, 1.82) is 0 Å². The van der Waals surface area contributed by atoms with Gasteiger partial charge in [-0.1, -0.05) is 44.5 Å². The van der Waals surface area contributed by atoms with Crippen LogP contribution in [0.1, 0.15) is 80.0 Å². The number of rotatable bonds is 8. The molecule has 0 heterocycles. The van der Waals surface area contributed by atoms with Crippen LogP contribution in [0, 0.1) is 46.5 Å². The van der Waals surface area contributed by atoms with Crippen LogP contribution in [0.5, 0.6) is 0 Å². The molecule has 0 aromatic heterocycles. The summed E-state index contributed by atoms with van der Waals surface area (Å²) in [7, 11) is 0. The van der Waals surface area contributed by atoms with Gasteiger partial charge in [0.2, 0.25) is 5.91 Å². The summed E-state index contributed by atoms with van der Waals surface area (Å²) in [4.78, 5) is 25.0. The summed E-state index contributed by atoms with van der Waals surface area (Å²) < 4.78 is 0. The van der Waals surface area contributed by atoms with Crippen LogP contribution in [0.4, 0.5) is 0 Å². The van der Waals surface area contributed by atoms with E-state index in [4.69, 9.17) is 0 Å². The van der Waals surface area contributed by atoms with Gasteiger partial charge in [0.15, 0.2) is 0 Å². The lowest BCUT2D eigenvalue weighted by atomic mass is 9.87. The Morgan fingerprint density at radius 3 is 1.97 bits per heavy atom. The van der Waals surface area contributed by atoms with Crippen molar-refractivity contribution in [3.05, 3.63) is 57.6 Å². The summed E-state index contributed by atoms with van der Waals surface area (Å²) in [6.45, 7) is 18.4. The third-order valence-corrected chi connectivity index (χ3v) is 6.13. The van der Waals surface area contributed by atoms with Crippen LogP contribution in [0.2, 0.25) is 0 Å². The highest BCUT2D eigenvalue weighted by atomic mass is 16.2. The lowest BCUT2D eigenvalue weighted by Crippen LogP contribution is -2.34. The second kappa shape index (κ2) is 10.3. The fourth-order valence-electron chi connectivity index (χ4n) is 4.68. The van der Waals surface area contributed by atoms with E-state index in [1.54, 1.807) is 6.92 Å². The van der Waals surface area contributed by atoms with E-state index >= 15 is 0 Å². The molecule has 0 aliphatic heterocycles. The Morgan fingerprint density at radius 2 is 1.45 bits per heavy atom. The van der Waals surface area contributed by atoms with Gasteiger partial charge in [0.05, 0.1) is 6.04 Å². The van der Waals surface area contributed by atoms with Crippen LogP contribution in [-0.2, 0) is 9.59 Å². The van der Waals surface area contributed by atoms with E-state index < -0.39 is 0 Å². The van der Waals surface area contributed by atoms with Crippen LogP contribution in [0.25, 0.3) is 11.1 Å². The molecule has 2 rings (SSSR count). The maximum absolute atomic E-state index is 12.9. The van der Waals surface area contributed by atoms with Gasteiger partial charge in [-0.05, 0) is 98.9 Å². The summed E-state index contributed by atoms with van der Waals surface area (Å²) in [5.74, 6) is 0.463. The first kappa shape index (κ1) is 24.8. The Morgan fingerprint density at radius 1 is 0.871 bits per heavy atom. The van der Waals surface area contributed by atoms with Gasteiger partial charge >= 0.3 is 0 Å². The number of ketones is 1. The van der Waals surface area contributed by atoms with Gasteiger partial charge in [-0.3, -0.25) is 9.59 Å². The molecule has 0 bridgehead atoms. The molecule has 0 aliphatic rings. The van der Waals surface area contributed by atoms with Crippen molar-refractivity contribution in [3.8, 4) is 11.1 Å². The van der Waals surface area contributed by atoms with Crippen molar-refractivity contribution in [3.63, 3.8) is 0 Å². The molecule has 2 aromatic carbocycles. The highest BCUT2D eigenvalue weighted by Gasteiger charge is 2.24. The van der Waals surface area contributed by atoms with Crippen LogP contribution in [0.15, 0.2) is 24.3 Å². The second-order valence-corrected chi connectivity index (χ2v) is 9.78. The lowest BCUT2D eigenvalue weighted by Gasteiger charge is -2.25. The van der Waals surface area contributed by atoms with Crippen molar-refractivity contribution in [2.24, 2.45) is 11.8 Å².